The molecule has 52 heavy (non-hydrogen) atoms. The molecule has 7 nitrogen and oxygen atoms in total. The number of imide groups is 2. The number of amides is 4. The highest BCUT2D eigenvalue weighted by Crippen LogP contribution is 2.40. The van der Waals surface area contributed by atoms with Gasteiger partial charge in [0.1, 0.15) is 5.57 Å². The van der Waals surface area contributed by atoms with E-state index in [4.69, 9.17) is 0 Å². The van der Waals surface area contributed by atoms with Crippen LogP contribution in [-0.4, -0.2) is 50.9 Å². The van der Waals surface area contributed by atoms with Gasteiger partial charge in [0.05, 0.1) is 0 Å². The highest BCUT2D eigenvalue weighted by atomic mass is 16.2. The lowest BCUT2D eigenvalue weighted by atomic mass is 9.95. The van der Waals surface area contributed by atoms with E-state index in [1.54, 1.807) is 0 Å². The summed E-state index contributed by atoms with van der Waals surface area (Å²) in [6, 6.07) is 25.1. The Bertz CT molecular complexity index is 2490. The summed E-state index contributed by atoms with van der Waals surface area (Å²) in [6.45, 7) is 10.6. The third-order valence-corrected chi connectivity index (χ3v) is 10.6. The molecule has 0 atom stereocenters. The number of nitrogens with zero attached hydrogens (tertiary/aromatic N) is 4. The number of rotatable bonds is 6. The van der Waals surface area contributed by atoms with E-state index in [1.807, 2.05) is 0 Å². The molecule has 1 saturated carbocycles. The first-order valence-electron chi connectivity index (χ1n) is 18.3. The van der Waals surface area contributed by atoms with Gasteiger partial charge in [0.2, 0.25) is 0 Å². The van der Waals surface area contributed by atoms with E-state index in [2.05, 4.69) is 134 Å². The van der Waals surface area contributed by atoms with Crippen molar-refractivity contribution in [3.8, 4) is 0 Å². The summed E-state index contributed by atoms with van der Waals surface area (Å²) in [5.41, 5.74) is 4.89. The molecule has 6 aromatic rings. The third kappa shape index (κ3) is 5.29. The van der Waals surface area contributed by atoms with Gasteiger partial charge in [0.15, 0.2) is 0 Å². The molecule has 0 radical (unpaired) electrons. The van der Waals surface area contributed by atoms with Crippen LogP contribution in [0.1, 0.15) is 40.5 Å². The maximum atomic E-state index is 13.9. The number of hydrogen-bond donors (Lipinski definition) is 0. The zero-order valence-corrected chi connectivity index (χ0v) is 30.7. The van der Waals surface area contributed by atoms with Crippen molar-refractivity contribution in [2.45, 2.75) is 53.6 Å². The number of hydrogen-bond acceptors (Lipinski definition) is 3. The lowest BCUT2D eigenvalue weighted by molar-refractivity contribution is -0.134. The summed E-state index contributed by atoms with van der Waals surface area (Å²) >= 11 is 0. The first-order chi connectivity index (χ1) is 25.0. The summed E-state index contributed by atoms with van der Waals surface area (Å²) < 4.78 is 4.78. The smallest absolute Gasteiger partial charge is 0.333 e. The van der Waals surface area contributed by atoms with E-state index >= 15 is 0 Å². The van der Waals surface area contributed by atoms with Gasteiger partial charge >= 0.3 is 6.03 Å². The summed E-state index contributed by atoms with van der Waals surface area (Å²) in [4.78, 5) is 42.7. The van der Waals surface area contributed by atoms with Crippen molar-refractivity contribution in [2.75, 3.05) is 14.1 Å². The van der Waals surface area contributed by atoms with Crippen LogP contribution in [0.3, 0.4) is 0 Å². The van der Waals surface area contributed by atoms with Gasteiger partial charge in [-0.2, -0.15) is 0 Å². The minimum atomic E-state index is -0.625. The van der Waals surface area contributed by atoms with Crippen molar-refractivity contribution in [3.63, 3.8) is 0 Å². The monoisotopic (exact) mass is 688 g/mol. The van der Waals surface area contributed by atoms with Gasteiger partial charge in [0.25, 0.3) is 11.8 Å². The molecule has 0 spiro atoms. The molecule has 1 saturated heterocycles. The molecule has 1 aliphatic heterocycles. The van der Waals surface area contributed by atoms with Crippen LogP contribution >= 0.6 is 0 Å². The van der Waals surface area contributed by atoms with Crippen LogP contribution in [0.15, 0.2) is 107 Å². The van der Waals surface area contributed by atoms with Crippen LogP contribution in [0, 0.1) is 11.8 Å². The van der Waals surface area contributed by atoms with E-state index in [1.165, 1.54) is 57.4 Å². The van der Waals surface area contributed by atoms with E-state index < -0.39 is 17.8 Å². The van der Waals surface area contributed by atoms with Gasteiger partial charge in [-0.15, -0.1) is 0 Å². The Morgan fingerprint density at radius 2 is 0.962 bits per heavy atom. The minimum Gasteiger partial charge on any atom is -0.340 e. The molecule has 2 aliphatic rings. The summed E-state index contributed by atoms with van der Waals surface area (Å²) in [7, 11) is 2.89. The fraction of sp³-hybridized carbons (Fsp3) is 0.267. The van der Waals surface area contributed by atoms with Crippen molar-refractivity contribution >= 4 is 73.3 Å². The Hall–Kier alpha value is -5.69. The number of barbiturate groups is 1. The number of benzene rings is 4. The molecule has 4 amide bonds. The third-order valence-electron chi connectivity index (χ3n) is 10.6. The van der Waals surface area contributed by atoms with Gasteiger partial charge in [-0.3, -0.25) is 19.4 Å². The lowest BCUT2D eigenvalue weighted by Gasteiger charge is -2.30. The molecule has 0 unspecified atom stereocenters. The number of carbonyl (C=O) groups is 3. The van der Waals surface area contributed by atoms with Crippen molar-refractivity contribution in [2.24, 2.45) is 11.8 Å². The second-order valence-corrected chi connectivity index (χ2v) is 15.1. The van der Waals surface area contributed by atoms with Crippen LogP contribution in [0.2, 0.25) is 0 Å². The number of carbonyl (C=O) groups excluding carboxylic acids is 3. The first kappa shape index (κ1) is 33.5. The Morgan fingerprint density at radius 3 is 1.37 bits per heavy atom. The predicted octanol–water partition coefficient (Wildman–Crippen LogP) is 7.91. The van der Waals surface area contributed by atoms with Gasteiger partial charge in [-0.25, -0.2) is 4.79 Å². The molecule has 2 aromatic heterocycles. The number of allylic oxidation sites excluding steroid dienone is 5. The molecule has 0 N–H and O–H groups in total. The molecule has 1 aliphatic carbocycles. The molecular formula is C45H44N4O3. The average molecular weight is 689 g/mol. The molecular weight excluding hydrogens is 645 g/mol. The van der Waals surface area contributed by atoms with E-state index in [-0.39, 0.29) is 5.57 Å². The summed E-state index contributed by atoms with van der Waals surface area (Å²) in [5, 5.41) is 9.43. The second kappa shape index (κ2) is 12.8. The molecule has 0 bridgehead atoms. The van der Waals surface area contributed by atoms with Crippen LogP contribution in [0.4, 0.5) is 4.79 Å². The van der Waals surface area contributed by atoms with Crippen molar-refractivity contribution < 1.29 is 14.4 Å². The zero-order chi connectivity index (χ0) is 36.4. The van der Waals surface area contributed by atoms with Gasteiger partial charge in [-0.1, -0.05) is 101 Å². The first-order valence-corrected chi connectivity index (χ1v) is 18.3. The molecule has 4 aromatic carbocycles. The average Bonchev–Trinajstić information content (AvgIpc) is 3.76. The Morgan fingerprint density at radius 1 is 0.558 bits per heavy atom. The largest absolute Gasteiger partial charge is 0.340 e. The number of likely N-dealkylation sites (N-methyl/N-ethyl adjacent to an activating group) is 2. The predicted molar refractivity (Wildman–Crippen MR) is 211 cm³/mol. The maximum Gasteiger partial charge on any atom is 0.333 e. The highest BCUT2D eigenvalue weighted by molar-refractivity contribution is 6.29. The zero-order valence-electron chi connectivity index (χ0n) is 30.7. The fourth-order valence-electron chi connectivity index (χ4n) is 8.33. The lowest BCUT2D eigenvalue weighted by Crippen LogP contribution is -2.53. The van der Waals surface area contributed by atoms with Crippen LogP contribution in [0.25, 0.3) is 55.5 Å². The second-order valence-electron chi connectivity index (χ2n) is 15.1. The normalized spacial score (nSPS) is 18.4. The molecule has 3 heterocycles. The maximum absolute atomic E-state index is 13.9. The SMILES string of the molecule is CC(C)Cn1/c(=C/C=C2/CC/C(=C/C=c3\c4cccc5cccc(c54)n3CC(C)C)C2=C2C(=O)N(C)C(=O)N(C)C2=O)c2cccc3cccc1c32. The van der Waals surface area contributed by atoms with Crippen molar-refractivity contribution in [1.29, 1.82) is 0 Å². The molecule has 7 heteroatoms. The Balaban J connectivity index is 1.37. The highest BCUT2D eigenvalue weighted by Gasteiger charge is 2.42. The van der Waals surface area contributed by atoms with Gasteiger partial charge in [-0.05, 0) is 76.5 Å². The topological polar surface area (TPSA) is 67.6 Å². The quantitative estimate of drug-likeness (QED) is 0.132. The fourth-order valence-corrected chi connectivity index (χ4v) is 8.33. The van der Waals surface area contributed by atoms with E-state index in [0.29, 0.717) is 30.3 Å². The van der Waals surface area contributed by atoms with Crippen LogP contribution in [0.5, 0.6) is 0 Å². The molecule has 262 valence electrons. The Labute approximate surface area is 303 Å². The van der Waals surface area contributed by atoms with Crippen LogP contribution < -0.4 is 10.7 Å². The van der Waals surface area contributed by atoms with Crippen LogP contribution in [-0.2, 0) is 22.7 Å². The minimum absolute atomic E-state index is 0.0445. The summed E-state index contributed by atoms with van der Waals surface area (Å²) in [6.07, 6.45) is 9.82. The molecule has 2 fully saturated rings. The Kier molecular flexibility index (Phi) is 8.25. The number of urea groups is 1. The molecule has 8 rings (SSSR count). The van der Waals surface area contributed by atoms with E-state index in [9.17, 15) is 14.4 Å². The van der Waals surface area contributed by atoms with Gasteiger partial charge in [0, 0.05) is 70.5 Å². The van der Waals surface area contributed by atoms with Crippen molar-refractivity contribution in [1.82, 2.24) is 18.9 Å². The van der Waals surface area contributed by atoms with E-state index in [0.717, 1.165) is 44.7 Å². The summed E-state index contributed by atoms with van der Waals surface area (Å²) in [5.74, 6) is -0.283. The number of aromatic nitrogens is 2. The standard InChI is InChI=1S/C45H44N4O3/c1-27(2)25-48-35(33-15-7-11-29-13-9-17-37(48)40(29)33)23-21-31-19-20-32(39(31)42-43(50)46(5)45(52)47(6)44(42)51)22-24-36-34-16-8-12-30-14-10-18-38(41(30)34)49(36)26-28(3)4/h7-18,21-24,27-28H,19-20,25-26H2,1-6H3/b31-21-,32-22-,35-23+,36-24+. The van der Waals surface area contributed by atoms with Crippen molar-refractivity contribution in [3.05, 3.63) is 118 Å². The van der Waals surface area contributed by atoms with Gasteiger partial charge < -0.3 is 9.13 Å².